The highest BCUT2D eigenvalue weighted by molar-refractivity contribution is 5.87. The molecule has 11 N–H and O–H groups in total. The molecule has 4 aliphatic carbocycles. The summed E-state index contributed by atoms with van der Waals surface area (Å²) < 4.78 is 86.7. The van der Waals surface area contributed by atoms with Crippen LogP contribution in [0, 0.1) is 16.7 Å². The van der Waals surface area contributed by atoms with E-state index in [1.807, 2.05) is 50.3 Å². The highest BCUT2D eigenvalue weighted by Crippen LogP contribution is 2.71. The van der Waals surface area contributed by atoms with Crippen molar-refractivity contribution in [2.45, 2.75) is 276 Å². The summed E-state index contributed by atoms with van der Waals surface area (Å²) in [6.07, 6.45) is -19.1. The van der Waals surface area contributed by atoms with Crippen molar-refractivity contribution in [1.82, 2.24) is 0 Å². The Morgan fingerprint density at radius 2 is 1.19 bits per heavy atom. The minimum atomic E-state index is -1.94. The van der Waals surface area contributed by atoms with Gasteiger partial charge in [-0.1, -0.05) is 55.8 Å². The summed E-state index contributed by atoms with van der Waals surface area (Å²) in [6, 6.07) is 9.28. The van der Waals surface area contributed by atoms with Crippen LogP contribution in [0.25, 0.3) is 6.08 Å². The summed E-state index contributed by atoms with van der Waals surface area (Å²) in [5.41, 5.74) is -6.02. The number of aliphatic hydroxyl groups excluding tert-OH is 8. The lowest BCUT2D eigenvalue weighted by Crippen LogP contribution is -2.78. The normalized spacial score (nSPS) is 49.7. The number of methoxy groups -OCH3 is 3. The Hall–Kier alpha value is -2.79. The molecule has 5 aliphatic heterocycles. The first kappa shape index (κ1) is 69.1. The summed E-state index contributed by atoms with van der Waals surface area (Å²) in [5.74, 6) is -1.26. The van der Waals surface area contributed by atoms with Gasteiger partial charge in [-0.25, -0.2) is 4.79 Å². The van der Waals surface area contributed by atoms with Gasteiger partial charge >= 0.3 is 5.97 Å². The van der Waals surface area contributed by atoms with Crippen LogP contribution in [0.5, 0.6) is 0 Å². The highest BCUT2D eigenvalue weighted by atomic mass is 16.8. The van der Waals surface area contributed by atoms with Crippen molar-refractivity contribution in [3.8, 4) is 0 Å². The number of hydrogen-bond acceptors (Lipinski definition) is 26. The molecule has 5 saturated heterocycles. The Morgan fingerprint density at radius 3 is 1.74 bits per heavy atom. The summed E-state index contributed by atoms with van der Waals surface area (Å²) in [5, 5.41) is 123. The number of ether oxygens (including phenoxy) is 14. The van der Waals surface area contributed by atoms with Gasteiger partial charge in [0.1, 0.15) is 90.1 Å². The maximum Gasteiger partial charge on any atom is 0.331 e. The Kier molecular flexibility index (Phi) is 21.3. The van der Waals surface area contributed by atoms with Crippen molar-refractivity contribution in [2.75, 3.05) is 34.5 Å². The minimum absolute atomic E-state index is 0.0121. The average Bonchev–Trinajstić information content (AvgIpc) is 1.60. The number of carbonyl (C=O) groups excluding carboxylic acids is 1. The van der Waals surface area contributed by atoms with Crippen LogP contribution in [0.2, 0.25) is 0 Å². The van der Waals surface area contributed by atoms with Gasteiger partial charge in [-0.05, 0) is 89.7 Å². The number of benzene rings is 1. The molecule has 1 aromatic carbocycles. The monoisotopic (exact) mass is 1270 g/mol. The van der Waals surface area contributed by atoms with Crippen LogP contribution < -0.4 is 0 Å². The second-order valence-electron chi connectivity index (χ2n) is 26.6. The number of esters is 1. The third-order valence-electron chi connectivity index (χ3n) is 21.7. The zero-order valence-corrected chi connectivity index (χ0v) is 52.2. The Morgan fingerprint density at radius 1 is 0.663 bits per heavy atom. The second kappa shape index (κ2) is 27.5. The van der Waals surface area contributed by atoms with Crippen molar-refractivity contribution in [1.29, 1.82) is 0 Å². The largest absolute Gasteiger partial charge is 0.458 e. The van der Waals surface area contributed by atoms with E-state index >= 15 is 0 Å². The highest BCUT2D eigenvalue weighted by Gasteiger charge is 2.81. The zero-order valence-electron chi connectivity index (χ0n) is 52.2. The standard InChI is InChI=1S/C63H96O26/c1-30-54(87-46-25-38(77-8)55(31(2)81-46)88-47-26-39(78-9)56(32(3)82-47)89-58-53(72)51(70)49(68)41(85-58)29-79-57-52(71)50(69)48(67)40(28-64)84-57)37(76-7)24-45(80-30)83-36-18-19-59(5)35(23-36)17-20-62(74)42(59)27-43(86-44(66)16-15-34-13-11-10-12-14-34)60(6)61(73,33(4)65)21-22-63(60,62)75/h10-17,30-33,36-43,45-58,64-65,67-75H,18-29H2,1-9H3/t30-,31-,32-,33+,36+,37+,38+,39-,40-,41-,42-,43-,45+,46+,47+,48-,49-,50+,51+,52-,53-,54-,55-,56-,57-,58+,59+,60-,61-,62+,63-/m1/s1. The molecule has 26 heteroatoms. The fraction of sp³-hybridized carbons (Fsp3) is 0.825. The van der Waals surface area contributed by atoms with E-state index in [2.05, 4.69) is 6.92 Å². The predicted octanol–water partition coefficient (Wildman–Crippen LogP) is 0.141. The van der Waals surface area contributed by atoms with Crippen LogP contribution in [-0.2, 0) is 71.1 Å². The predicted molar refractivity (Wildman–Crippen MR) is 307 cm³/mol. The molecule has 0 aromatic heterocycles. The quantitative estimate of drug-likeness (QED) is 0.0498. The maximum atomic E-state index is 13.7. The van der Waals surface area contributed by atoms with Crippen molar-refractivity contribution in [3.05, 3.63) is 53.6 Å². The van der Waals surface area contributed by atoms with Gasteiger partial charge in [0.25, 0.3) is 0 Å². The van der Waals surface area contributed by atoms with E-state index in [9.17, 15) is 61.0 Å². The minimum Gasteiger partial charge on any atom is -0.458 e. The SMILES string of the molecule is CO[C@H]1C[C@H](O[C@H]2CC[C@@]3(C)C(=CC[C@]4(O)[C@@H]3C[C@@H](OC(=O)C=Cc3ccccc3)[C@@]3(C)[C@]4(O)CC[C@@]3(O)[C@H](C)O)C2)O[C@H](C)[C@H]1O[C@H]1C[C@H](OC)[C@H](O[C@H]2C[C@@H](OC)[C@H](O[C@@H]3O[C@H](CO[C@@H]4O[C@H](CO)[C@@H](O)[C@H](O)[C@H]4O)[C@@H](O)[C@H](O)[C@H]3O)[C@@H](C)O2)[C@@H](C)O1. The Bertz CT molecular complexity index is 2580. The van der Waals surface area contributed by atoms with Gasteiger partial charge in [-0.3, -0.25) is 0 Å². The van der Waals surface area contributed by atoms with Crippen LogP contribution in [-0.4, -0.2) is 267 Å². The topological polar surface area (TPSA) is 369 Å². The lowest BCUT2D eigenvalue weighted by Gasteiger charge is -2.67. The lowest BCUT2D eigenvalue weighted by molar-refractivity contribution is -0.362. The first-order valence-corrected chi connectivity index (χ1v) is 31.5. The molecule has 0 bridgehead atoms. The number of fused-ring (bicyclic) bond motifs is 5. The van der Waals surface area contributed by atoms with Crippen molar-refractivity contribution in [2.24, 2.45) is 16.7 Å². The molecule has 5 heterocycles. The van der Waals surface area contributed by atoms with Gasteiger partial charge in [0, 0.05) is 52.6 Å². The number of rotatable bonds is 19. The van der Waals surface area contributed by atoms with Crippen LogP contribution in [0.1, 0.15) is 111 Å². The van der Waals surface area contributed by atoms with E-state index in [1.54, 1.807) is 34.1 Å². The van der Waals surface area contributed by atoms with Crippen molar-refractivity contribution in [3.63, 3.8) is 0 Å². The van der Waals surface area contributed by atoms with Crippen LogP contribution >= 0.6 is 0 Å². The molecule has 0 spiro atoms. The first-order chi connectivity index (χ1) is 42.2. The Balaban J connectivity index is 0.727. The average molecular weight is 1270 g/mol. The molecule has 8 fully saturated rings. The summed E-state index contributed by atoms with van der Waals surface area (Å²) >= 11 is 0. The van der Waals surface area contributed by atoms with E-state index < -0.39 is 200 Å². The molecule has 89 heavy (non-hydrogen) atoms. The van der Waals surface area contributed by atoms with Crippen LogP contribution in [0.3, 0.4) is 0 Å². The van der Waals surface area contributed by atoms with E-state index in [4.69, 9.17) is 66.3 Å². The van der Waals surface area contributed by atoms with Gasteiger partial charge in [0.15, 0.2) is 31.5 Å². The van der Waals surface area contributed by atoms with Gasteiger partial charge in [-0.2, -0.15) is 0 Å². The molecular weight excluding hydrogens is 1170 g/mol. The second-order valence-corrected chi connectivity index (χ2v) is 26.6. The number of aliphatic hydroxyl groups is 11. The fourth-order valence-corrected chi connectivity index (χ4v) is 16.3. The van der Waals surface area contributed by atoms with Gasteiger partial charge in [0.2, 0.25) is 0 Å². The molecule has 9 aliphatic rings. The van der Waals surface area contributed by atoms with E-state index in [1.165, 1.54) is 20.1 Å². The van der Waals surface area contributed by atoms with Crippen LogP contribution in [0.15, 0.2) is 48.1 Å². The summed E-state index contributed by atoms with van der Waals surface area (Å²) in [4.78, 5) is 13.7. The first-order valence-electron chi connectivity index (χ1n) is 31.5. The van der Waals surface area contributed by atoms with Gasteiger partial charge < -0.3 is 122 Å². The molecule has 1 aromatic rings. The summed E-state index contributed by atoms with van der Waals surface area (Å²) in [6.45, 7) is 9.40. The molecule has 10 rings (SSSR count). The van der Waals surface area contributed by atoms with Crippen LogP contribution in [0.4, 0.5) is 0 Å². The maximum absolute atomic E-state index is 13.7. The molecular formula is C63H96O26. The molecule has 3 saturated carbocycles. The Labute approximate surface area is 518 Å². The van der Waals surface area contributed by atoms with E-state index in [-0.39, 0.29) is 44.6 Å². The third-order valence-corrected chi connectivity index (χ3v) is 21.7. The molecule has 0 amide bonds. The number of carbonyl (C=O) groups is 1. The molecule has 504 valence electrons. The molecule has 0 radical (unpaired) electrons. The smallest absolute Gasteiger partial charge is 0.331 e. The molecule has 31 atom stereocenters. The molecule has 26 nitrogen and oxygen atoms in total. The third kappa shape index (κ3) is 12.7. The summed E-state index contributed by atoms with van der Waals surface area (Å²) in [7, 11) is 4.64. The van der Waals surface area contributed by atoms with Crippen molar-refractivity contribution < 1.29 is 127 Å². The zero-order chi connectivity index (χ0) is 64.3. The number of hydrogen-bond donors (Lipinski definition) is 11. The van der Waals surface area contributed by atoms with Crippen molar-refractivity contribution >= 4 is 12.0 Å². The fourth-order valence-electron chi connectivity index (χ4n) is 16.3. The molecule has 0 unspecified atom stereocenters. The van der Waals surface area contributed by atoms with Gasteiger partial charge in [0.05, 0.1) is 67.5 Å². The van der Waals surface area contributed by atoms with E-state index in [0.717, 1.165) is 11.1 Å². The van der Waals surface area contributed by atoms with Gasteiger partial charge in [-0.15, -0.1) is 0 Å². The lowest BCUT2D eigenvalue weighted by atomic mass is 9.42. The van der Waals surface area contributed by atoms with E-state index in [0.29, 0.717) is 25.7 Å².